The molecule has 0 aliphatic carbocycles. The van der Waals surface area contributed by atoms with Crippen LogP contribution in [0.5, 0.6) is 5.75 Å². The van der Waals surface area contributed by atoms with E-state index in [2.05, 4.69) is 10.6 Å². The van der Waals surface area contributed by atoms with Gasteiger partial charge < -0.3 is 15.4 Å². The lowest BCUT2D eigenvalue weighted by Crippen LogP contribution is -2.43. The van der Waals surface area contributed by atoms with E-state index >= 15 is 0 Å². The van der Waals surface area contributed by atoms with Gasteiger partial charge in [0.05, 0.1) is 12.6 Å². The van der Waals surface area contributed by atoms with Gasteiger partial charge in [-0.3, -0.25) is 4.79 Å². The number of benzene rings is 1. The van der Waals surface area contributed by atoms with Crippen LogP contribution in [-0.2, 0) is 4.79 Å². The molecule has 0 saturated carbocycles. The zero-order chi connectivity index (χ0) is 12.8. The van der Waals surface area contributed by atoms with Crippen molar-refractivity contribution in [1.29, 1.82) is 0 Å². The van der Waals surface area contributed by atoms with E-state index in [1.807, 2.05) is 31.2 Å². The third-order valence-corrected chi connectivity index (χ3v) is 3.04. The molecule has 0 radical (unpaired) electrons. The number of anilines is 1. The highest BCUT2D eigenvalue weighted by Gasteiger charge is 2.20. The van der Waals surface area contributed by atoms with Gasteiger partial charge >= 0.3 is 0 Å². The number of rotatable bonds is 4. The van der Waals surface area contributed by atoms with Crippen LogP contribution in [0.3, 0.4) is 0 Å². The summed E-state index contributed by atoms with van der Waals surface area (Å²) in [5.41, 5.74) is 0.790. The lowest BCUT2D eigenvalue weighted by atomic mass is 10.0. The molecule has 4 heteroatoms. The summed E-state index contributed by atoms with van der Waals surface area (Å²) in [5.74, 6) is 0.829. The van der Waals surface area contributed by atoms with Crippen LogP contribution in [0, 0.1) is 0 Å². The smallest absolute Gasteiger partial charge is 0.241 e. The summed E-state index contributed by atoms with van der Waals surface area (Å²) >= 11 is 0. The topological polar surface area (TPSA) is 50.4 Å². The molecule has 98 valence electrons. The Labute approximate surface area is 108 Å². The zero-order valence-electron chi connectivity index (χ0n) is 10.7. The fourth-order valence-electron chi connectivity index (χ4n) is 2.14. The second-order valence-electron chi connectivity index (χ2n) is 4.45. The number of carbonyl (C=O) groups excluding carboxylic acids is 1. The summed E-state index contributed by atoms with van der Waals surface area (Å²) in [5, 5.41) is 6.16. The van der Waals surface area contributed by atoms with Crippen molar-refractivity contribution in [1.82, 2.24) is 5.32 Å². The van der Waals surface area contributed by atoms with Crippen molar-refractivity contribution in [2.75, 3.05) is 18.5 Å². The highest BCUT2D eigenvalue weighted by atomic mass is 16.5. The Hall–Kier alpha value is -1.55. The van der Waals surface area contributed by atoms with Crippen LogP contribution in [0.1, 0.15) is 26.2 Å². The predicted molar refractivity (Wildman–Crippen MR) is 71.9 cm³/mol. The molecule has 1 fully saturated rings. The number of amides is 1. The van der Waals surface area contributed by atoms with Crippen molar-refractivity contribution in [2.24, 2.45) is 0 Å². The number of ether oxygens (including phenoxy) is 1. The van der Waals surface area contributed by atoms with Gasteiger partial charge in [0.1, 0.15) is 5.75 Å². The first kappa shape index (κ1) is 12.9. The van der Waals surface area contributed by atoms with Gasteiger partial charge in [0.2, 0.25) is 5.91 Å². The molecule has 0 aromatic heterocycles. The molecular weight excluding hydrogens is 228 g/mol. The fraction of sp³-hybridized carbons (Fsp3) is 0.500. The summed E-state index contributed by atoms with van der Waals surface area (Å²) < 4.78 is 5.41. The molecule has 18 heavy (non-hydrogen) atoms. The predicted octanol–water partition coefficient (Wildman–Crippen LogP) is 2.17. The van der Waals surface area contributed by atoms with E-state index in [4.69, 9.17) is 4.74 Å². The Morgan fingerprint density at radius 2 is 2.39 bits per heavy atom. The lowest BCUT2D eigenvalue weighted by Gasteiger charge is -2.22. The van der Waals surface area contributed by atoms with Crippen LogP contribution in [-0.4, -0.2) is 25.1 Å². The monoisotopic (exact) mass is 248 g/mol. The summed E-state index contributed by atoms with van der Waals surface area (Å²) in [6.45, 7) is 3.50. The first-order valence-corrected chi connectivity index (χ1v) is 6.56. The van der Waals surface area contributed by atoms with E-state index in [1.54, 1.807) is 0 Å². The molecule has 1 heterocycles. The van der Waals surface area contributed by atoms with Gasteiger partial charge in [0.25, 0.3) is 0 Å². The standard InChI is InChI=1S/C14H20N2O2/c1-2-18-12-7-5-6-11(10-12)16-14(17)13-8-3-4-9-15-13/h5-7,10,13,15H,2-4,8-9H2,1H3,(H,16,17)/t13-/m0/s1. The number of nitrogens with one attached hydrogen (secondary N) is 2. The van der Waals surface area contributed by atoms with Crippen LogP contribution in [0.4, 0.5) is 5.69 Å². The van der Waals surface area contributed by atoms with Crippen LogP contribution in [0.15, 0.2) is 24.3 Å². The van der Waals surface area contributed by atoms with E-state index in [-0.39, 0.29) is 11.9 Å². The minimum absolute atomic E-state index is 0.0448. The molecule has 1 saturated heterocycles. The van der Waals surface area contributed by atoms with Crippen molar-refractivity contribution < 1.29 is 9.53 Å². The highest BCUT2D eigenvalue weighted by Crippen LogP contribution is 2.18. The molecule has 1 aliphatic rings. The quantitative estimate of drug-likeness (QED) is 0.858. The lowest BCUT2D eigenvalue weighted by molar-refractivity contribution is -0.118. The van der Waals surface area contributed by atoms with E-state index in [9.17, 15) is 4.79 Å². The molecular formula is C14H20N2O2. The summed E-state index contributed by atoms with van der Waals surface area (Å²) in [6.07, 6.45) is 3.19. The second kappa shape index (κ2) is 6.40. The van der Waals surface area contributed by atoms with Gasteiger partial charge in [-0.25, -0.2) is 0 Å². The zero-order valence-corrected chi connectivity index (χ0v) is 10.7. The van der Waals surface area contributed by atoms with Crippen molar-refractivity contribution in [3.63, 3.8) is 0 Å². The summed E-state index contributed by atoms with van der Waals surface area (Å²) in [7, 11) is 0. The molecule has 1 atom stereocenters. The van der Waals surface area contributed by atoms with E-state index < -0.39 is 0 Å². The van der Waals surface area contributed by atoms with Gasteiger partial charge in [0.15, 0.2) is 0 Å². The highest BCUT2D eigenvalue weighted by molar-refractivity contribution is 5.95. The maximum atomic E-state index is 12.0. The molecule has 1 aliphatic heterocycles. The molecule has 0 bridgehead atoms. The minimum Gasteiger partial charge on any atom is -0.494 e. The van der Waals surface area contributed by atoms with Gasteiger partial charge in [-0.05, 0) is 38.4 Å². The van der Waals surface area contributed by atoms with Crippen molar-refractivity contribution in [3.05, 3.63) is 24.3 Å². The number of hydrogen-bond acceptors (Lipinski definition) is 3. The number of piperidine rings is 1. The molecule has 1 amide bonds. The molecule has 1 aromatic carbocycles. The van der Waals surface area contributed by atoms with E-state index in [1.165, 1.54) is 0 Å². The van der Waals surface area contributed by atoms with Gasteiger partial charge in [-0.1, -0.05) is 12.5 Å². The average molecular weight is 248 g/mol. The van der Waals surface area contributed by atoms with Crippen molar-refractivity contribution >= 4 is 11.6 Å². The Morgan fingerprint density at radius 1 is 1.50 bits per heavy atom. The maximum Gasteiger partial charge on any atom is 0.241 e. The molecule has 4 nitrogen and oxygen atoms in total. The van der Waals surface area contributed by atoms with Crippen LogP contribution < -0.4 is 15.4 Å². The van der Waals surface area contributed by atoms with E-state index in [0.29, 0.717) is 6.61 Å². The average Bonchev–Trinajstić information content (AvgIpc) is 2.40. The van der Waals surface area contributed by atoms with Gasteiger partial charge in [0, 0.05) is 11.8 Å². The molecule has 0 spiro atoms. The van der Waals surface area contributed by atoms with Gasteiger partial charge in [-0.2, -0.15) is 0 Å². The van der Waals surface area contributed by atoms with Crippen molar-refractivity contribution in [2.45, 2.75) is 32.2 Å². The maximum absolute atomic E-state index is 12.0. The Bertz CT molecular complexity index is 401. The second-order valence-corrected chi connectivity index (χ2v) is 4.45. The Balaban J connectivity index is 1.95. The minimum atomic E-state index is -0.0606. The van der Waals surface area contributed by atoms with Crippen molar-refractivity contribution in [3.8, 4) is 5.75 Å². The summed E-state index contributed by atoms with van der Waals surface area (Å²) in [6, 6.07) is 7.44. The van der Waals surface area contributed by atoms with Crippen LogP contribution in [0.2, 0.25) is 0 Å². The summed E-state index contributed by atoms with van der Waals surface area (Å²) in [4.78, 5) is 12.0. The molecule has 2 N–H and O–H groups in total. The normalized spacial score (nSPS) is 19.3. The Kier molecular flexibility index (Phi) is 4.59. The van der Waals surface area contributed by atoms with Crippen LogP contribution in [0.25, 0.3) is 0 Å². The third-order valence-electron chi connectivity index (χ3n) is 3.04. The van der Waals surface area contributed by atoms with E-state index in [0.717, 1.165) is 37.2 Å². The number of carbonyl (C=O) groups is 1. The number of hydrogen-bond donors (Lipinski definition) is 2. The van der Waals surface area contributed by atoms with Crippen LogP contribution >= 0.6 is 0 Å². The molecule has 1 aromatic rings. The first-order chi connectivity index (χ1) is 8.79. The molecule has 2 rings (SSSR count). The van der Waals surface area contributed by atoms with Gasteiger partial charge in [-0.15, -0.1) is 0 Å². The third kappa shape index (κ3) is 3.47. The first-order valence-electron chi connectivity index (χ1n) is 6.56. The molecule has 0 unspecified atom stereocenters. The largest absolute Gasteiger partial charge is 0.494 e. The fourth-order valence-corrected chi connectivity index (χ4v) is 2.14. The Morgan fingerprint density at radius 3 is 3.11 bits per heavy atom. The SMILES string of the molecule is CCOc1cccc(NC(=O)[C@@H]2CCCCN2)c1.